The maximum Gasteiger partial charge on any atom is 0.338 e. The Morgan fingerprint density at radius 2 is 1.22 bits per heavy atom. The van der Waals surface area contributed by atoms with E-state index in [1.165, 1.54) is 11.1 Å². The van der Waals surface area contributed by atoms with Crippen LogP contribution in [0.25, 0.3) is 11.1 Å². The van der Waals surface area contributed by atoms with Gasteiger partial charge in [0, 0.05) is 0 Å². The van der Waals surface area contributed by atoms with Crippen LogP contribution in [0.15, 0.2) is 84.9 Å². The highest BCUT2D eigenvalue weighted by molar-refractivity contribution is 5.89. The molecule has 138 valence electrons. The van der Waals surface area contributed by atoms with E-state index in [0.717, 1.165) is 25.0 Å². The second-order valence-electron chi connectivity index (χ2n) is 6.30. The Kier molecular flexibility index (Phi) is 7.05. The zero-order valence-electron chi connectivity index (χ0n) is 15.3. The van der Waals surface area contributed by atoms with E-state index in [1.54, 1.807) is 12.1 Å². The molecule has 0 spiro atoms. The molecule has 0 bridgehead atoms. The van der Waals surface area contributed by atoms with E-state index in [4.69, 9.17) is 9.47 Å². The summed E-state index contributed by atoms with van der Waals surface area (Å²) >= 11 is 0. The minimum Gasteiger partial charge on any atom is -0.494 e. The molecule has 0 N–H and O–H groups in total. The van der Waals surface area contributed by atoms with Crippen LogP contribution >= 0.6 is 0 Å². The molecule has 0 fully saturated rings. The SMILES string of the molecule is O=C(OCCCCCOc1ccc(-c2ccccc2)cc1)c1ccccc1. The molecule has 0 heterocycles. The Bertz CT molecular complexity index is 811. The number of benzene rings is 3. The van der Waals surface area contributed by atoms with Gasteiger partial charge in [-0.15, -0.1) is 0 Å². The van der Waals surface area contributed by atoms with Crippen LogP contribution in [0.3, 0.4) is 0 Å². The first kappa shape index (κ1) is 18.7. The molecule has 0 aliphatic heterocycles. The molecular formula is C24H24O3. The predicted octanol–water partition coefficient (Wildman–Crippen LogP) is 5.76. The Morgan fingerprint density at radius 3 is 1.93 bits per heavy atom. The summed E-state index contributed by atoms with van der Waals surface area (Å²) in [6, 6.07) is 27.5. The third kappa shape index (κ3) is 6.00. The molecule has 0 aromatic heterocycles. The van der Waals surface area contributed by atoms with Crippen LogP contribution in [-0.2, 0) is 4.74 Å². The van der Waals surface area contributed by atoms with E-state index in [-0.39, 0.29) is 5.97 Å². The standard InChI is InChI=1S/C24H24O3/c25-24(22-12-6-2-7-13-22)27-19-9-3-8-18-26-23-16-14-21(15-17-23)20-10-4-1-5-11-20/h1-2,4-7,10-17H,3,8-9,18-19H2. The highest BCUT2D eigenvalue weighted by atomic mass is 16.5. The topological polar surface area (TPSA) is 35.5 Å². The fourth-order valence-electron chi connectivity index (χ4n) is 2.77. The lowest BCUT2D eigenvalue weighted by Gasteiger charge is -2.08. The number of carbonyl (C=O) groups is 1. The van der Waals surface area contributed by atoms with E-state index in [9.17, 15) is 4.79 Å². The zero-order chi connectivity index (χ0) is 18.7. The third-order valence-corrected chi connectivity index (χ3v) is 4.26. The fourth-order valence-corrected chi connectivity index (χ4v) is 2.77. The molecular weight excluding hydrogens is 336 g/mol. The van der Waals surface area contributed by atoms with Gasteiger partial charge < -0.3 is 9.47 Å². The van der Waals surface area contributed by atoms with Gasteiger partial charge in [0.2, 0.25) is 0 Å². The number of hydrogen-bond donors (Lipinski definition) is 0. The first-order valence-corrected chi connectivity index (χ1v) is 9.33. The van der Waals surface area contributed by atoms with E-state index in [1.807, 2.05) is 48.5 Å². The van der Waals surface area contributed by atoms with Crippen molar-refractivity contribution in [2.75, 3.05) is 13.2 Å². The monoisotopic (exact) mass is 360 g/mol. The first-order chi connectivity index (χ1) is 13.3. The van der Waals surface area contributed by atoms with Gasteiger partial charge in [0.15, 0.2) is 0 Å². The van der Waals surface area contributed by atoms with Crippen molar-refractivity contribution in [3.8, 4) is 16.9 Å². The summed E-state index contributed by atoms with van der Waals surface area (Å²) in [4.78, 5) is 11.8. The molecule has 0 radical (unpaired) electrons. The molecule has 0 aliphatic rings. The quantitative estimate of drug-likeness (QED) is 0.359. The van der Waals surface area contributed by atoms with Gasteiger partial charge in [0.25, 0.3) is 0 Å². The van der Waals surface area contributed by atoms with Crippen molar-refractivity contribution in [2.45, 2.75) is 19.3 Å². The molecule has 0 aliphatic carbocycles. The smallest absolute Gasteiger partial charge is 0.338 e. The Morgan fingerprint density at radius 1 is 0.630 bits per heavy atom. The summed E-state index contributed by atoms with van der Waals surface area (Å²) < 4.78 is 11.1. The van der Waals surface area contributed by atoms with Crippen LogP contribution in [0.4, 0.5) is 0 Å². The molecule has 0 atom stereocenters. The molecule has 3 rings (SSSR count). The summed E-state index contributed by atoms with van der Waals surface area (Å²) in [5, 5.41) is 0. The molecule has 3 nitrogen and oxygen atoms in total. The van der Waals surface area contributed by atoms with Crippen LogP contribution in [0, 0.1) is 0 Å². The number of ether oxygens (including phenoxy) is 2. The van der Waals surface area contributed by atoms with Gasteiger partial charge in [-0.05, 0) is 54.7 Å². The average Bonchev–Trinajstić information content (AvgIpc) is 2.74. The maximum absolute atomic E-state index is 11.8. The van der Waals surface area contributed by atoms with E-state index in [0.29, 0.717) is 18.8 Å². The van der Waals surface area contributed by atoms with Crippen molar-refractivity contribution >= 4 is 5.97 Å². The fraction of sp³-hybridized carbons (Fsp3) is 0.208. The molecule has 0 unspecified atom stereocenters. The largest absolute Gasteiger partial charge is 0.494 e. The molecule has 0 saturated carbocycles. The summed E-state index contributed by atoms with van der Waals surface area (Å²) in [7, 11) is 0. The van der Waals surface area contributed by atoms with Gasteiger partial charge in [-0.25, -0.2) is 4.79 Å². The number of hydrogen-bond acceptors (Lipinski definition) is 3. The molecule has 3 aromatic rings. The van der Waals surface area contributed by atoms with Crippen molar-refractivity contribution < 1.29 is 14.3 Å². The maximum atomic E-state index is 11.8. The van der Waals surface area contributed by atoms with Crippen LogP contribution in [0.1, 0.15) is 29.6 Å². The summed E-state index contributed by atoms with van der Waals surface area (Å²) in [6.07, 6.45) is 2.74. The van der Waals surface area contributed by atoms with Gasteiger partial charge in [0.1, 0.15) is 5.75 Å². The van der Waals surface area contributed by atoms with Crippen molar-refractivity contribution in [3.63, 3.8) is 0 Å². The van der Waals surface area contributed by atoms with Crippen molar-refractivity contribution in [3.05, 3.63) is 90.5 Å². The molecule has 27 heavy (non-hydrogen) atoms. The normalized spacial score (nSPS) is 10.4. The highest BCUT2D eigenvalue weighted by Gasteiger charge is 2.05. The van der Waals surface area contributed by atoms with Crippen LogP contribution in [-0.4, -0.2) is 19.2 Å². The lowest BCUT2D eigenvalue weighted by atomic mass is 10.1. The average molecular weight is 360 g/mol. The number of unbranched alkanes of at least 4 members (excludes halogenated alkanes) is 2. The van der Waals surface area contributed by atoms with Gasteiger partial charge in [0.05, 0.1) is 18.8 Å². The molecule has 3 heteroatoms. The van der Waals surface area contributed by atoms with Crippen molar-refractivity contribution in [2.24, 2.45) is 0 Å². The second-order valence-corrected chi connectivity index (χ2v) is 6.30. The van der Waals surface area contributed by atoms with E-state index >= 15 is 0 Å². The van der Waals surface area contributed by atoms with Crippen LogP contribution in [0.2, 0.25) is 0 Å². The summed E-state index contributed by atoms with van der Waals surface area (Å²) in [6.45, 7) is 1.11. The second kappa shape index (κ2) is 10.2. The van der Waals surface area contributed by atoms with Gasteiger partial charge in [-0.3, -0.25) is 0 Å². The van der Waals surface area contributed by atoms with Crippen molar-refractivity contribution in [1.29, 1.82) is 0 Å². The van der Waals surface area contributed by atoms with Crippen LogP contribution in [0.5, 0.6) is 5.75 Å². The molecule has 3 aromatic carbocycles. The highest BCUT2D eigenvalue weighted by Crippen LogP contribution is 2.22. The Labute approximate surface area is 160 Å². The lowest BCUT2D eigenvalue weighted by molar-refractivity contribution is 0.0497. The Hall–Kier alpha value is -3.07. The number of rotatable bonds is 9. The van der Waals surface area contributed by atoms with Gasteiger partial charge in [-0.1, -0.05) is 60.7 Å². The minimum atomic E-state index is -0.259. The van der Waals surface area contributed by atoms with E-state index < -0.39 is 0 Å². The van der Waals surface area contributed by atoms with Gasteiger partial charge in [-0.2, -0.15) is 0 Å². The lowest BCUT2D eigenvalue weighted by Crippen LogP contribution is -2.06. The predicted molar refractivity (Wildman–Crippen MR) is 108 cm³/mol. The minimum absolute atomic E-state index is 0.259. The number of esters is 1. The molecule has 0 saturated heterocycles. The van der Waals surface area contributed by atoms with Gasteiger partial charge >= 0.3 is 5.97 Å². The van der Waals surface area contributed by atoms with Crippen LogP contribution < -0.4 is 4.74 Å². The summed E-state index contributed by atoms with van der Waals surface area (Å²) in [5.74, 6) is 0.621. The van der Waals surface area contributed by atoms with Crippen molar-refractivity contribution in [1.82, 2.24) is 0 Å². The number of carbonyl (C=O) groups excluding carboxylic acids is 1. The third-order valence-electron chi connectivity index (χ3n) is 4.26. The first-order valence-electron chi connectivity index (χ1n) is 9.33. The summed E-state index contributed by atoms with van der Waals surface area (Å²) in [5.41, 5.74) is 2.98. The van der Waals surface area contributed by atoms with E-state index in [2.05, 4.69) is 24.3 Å². The Balaban J connectivity index is 1.30. The molecule has 0 amide bonds. The zero-order valence-corrected chi connectivity index (χ0v) is 15.3.